The molecule has 134 heavy (non-hydrogen) atoms. The van der Waals surface area contributed by atoms with E-state index in [-0.39, 0.29) is 169 Å². The Morgan fingerprint density at radius 3 is 0.799 bits per heavy atom. The minimum Gasteiger partial charge on any atom is -0.492 e. The van der Waals surface area contributed by atoms with E-state index in [0.29, 0.717) is 25.2 Å². The number of alkyl carbamates (subject to hydrolysis) is 4. The van der Waals surface area contributed by atoms with Crippen LogP contribution in [-0.2, 0) is 39.9 Å². The highest BCUT2D eigenvalue weighted by Gasteiger charge is 2.34. The van der Waals surface area contributed by atoms with Crippen molar-refractivity contribution in [3.8, 4) is 56.0 Å². The van der Waals surface area contributed by atoms with E-state index < -0.39 is 48.0 Å². The van der Waals surface area contributed by atoms with E-state index in [0.717, 1.165) is 146 Å². The Kier molecular flexibility index (Phi) is 34.5. The third-order valence-electron chi connectivity index (χ3n) is 23.8. The standard InChI is InChI=1S/C63H69N5O10.C44H43N5O7/c69-58(30-10-5-3-1-2-4-6-11-31-59(70)76-41-44-20-8-7-9-21-44)64-36-37-75-47-39-45(60(71)65-32-34-67-62(73)77-42-56-52-26-16-12-22-48(52)49-23-13-17-27-53(49)56)38-46(40-47)61(72)66-33-35-68-63(74)78-43-57-54-28-18-14-24-50(54)51-25-15-19-29-55(51)57;45-17-22-54-30-24-28(41(50)46-18-20-48-43(52)55-26-39-35-13-5-1-9-31(35)32-10-2-6-14-36(32)39)23-29(25-30)42(51)47-19-21-49-44(53)56-27-40-37-15-7-3-11-33(37)34-12-4-8-16-38(34)40/h7-9,12-29,38-40,56-57H,1-6,10-11,30-37,41-43H2,(H,64,69)(H,65,71)(H,66,72)(H,67,73)(H,68,74);1-16,23-25,39-40H,17-22,26-27,45H2,(H,46,50)(H,47,51)(H,48,52)(H,49,53). The summed E-state index contributed by atoms with van der Waals surface area (Å²) in [6.45, 7) is 2.44. The Morgan fingerprint density at radius 1 is 0.254 bits per heavy atom. The van der Waals surface area contributed by atoms with Gasteiger partial charge in [0.1, 0.15) is 57.7 Å². The van der Waals surface area contributed by atoms with Gasteiger partial charge < -0.3 is 86.7 Å². The van der Waals surface area contributed by atoms with Crippen LogP contribution in [-0.4, -0.2) is 165 Å². The Hall–Kier alpha value is -15.1. The topological polar surface area (TPSA) is 370 Å². The molecule has 0 aliphatic heterocycles. The maximum atomic E-state index is 13.5. The number of ether oxygens (including phenoxy) is 7. The molecule has 0 saturated carbocycles. The van der Waals surface area contributed by atoms with Crippen LogP contribution < -0.4 is 63.1 Å². The summed E-state index contributed by atoms with van der Waals surface area (Å²) < 4.78 is 39.4. The maximum absolute atomic E-state index is 13.5. The van der Waals surface area contributed by atoms with Crippen molar-refractivity contribution in [3.63, 3.8) is 0 Å². The fourth-order valence-electron chi connectivity index (χ4n) is 17.3. The van der Waals surface area contributed by atoms with Gasteiger partial charge in [-0.25, -0.2) is 19.2 Å². The van der Waals surface area contributed by atoms with Gasteiger partial charge in [-0.05, 0) is 144 Å². The van der Waals surface area contributed by atoms with E-state index in [2.05, 4.69) is 121 Å². The van der Waals surface area contributed by atoms with Crippen LogP contribution >= 0.6 is 0 Å². The zero-order chi connectivity index (χ0) is 93.2. The quantitative estimate of drug-likeness (QED) is 0.00963. The number of nitrogens with one attached hydrogen (secondary N) is 9. The fraction of sp³-hybridized carbons (Fsp3) is 0.290. The second kappa shape index (κ2) is 48.7. The summed E-state index contributed by atoms with van der Waals surface area (Å²) in [5.41, 5.74) is 25.2. The minimum absolute atomic E-state index is 0.0643. The predicted octanol–water partition coefficient (Wildman–Crippen LogP) is 15.9. The molecule has 0 atom stereocenters. The second-order valence-corrected chi connectivity index (χ2v) is 32.8. The fourth-order valence-corrected chi connectivity index (χ4v) is 17.3. The van der Waals surface area contributed by atoms with Gasteiger partial charge in [0.05, 0.1) is 6.54 Å². The van der Waals surface area contributed by atoms with Gasteiger partial charge in [0.25, 0.3) is 23.6 Å². The van der Waals surface area contributed by atoms with Crippen LogP contribution in [0.4, 0.5) is 19.2 Å². The minimum atomic E-state index is -0.615. The zero-order valence-corrected chi connectivity index (χ0v) is 74.7. The lowest BCUT2D eigenvalue weighted by molar-refractivity contribution is -0.145. The normalized spacial score (nSPS) is 12.2. The summed E-state index contributed by atoms with van der Waals surface area (Å²) in [6.07, 6.45) is 6.13. The lowest BCUT2D eigenvalue weighted by Gasteiger charge is -2.15. The molecule has 11 aromatic carbocycles. The SMILES string of the molecule is NCCOc1cc(C(=O)NCCNC(=O)OCC2c3ccccc3-c3ccccc32)cc(C(=O)NCCNC(=O)OCC2c3ccccc3-c3ccccc32)c1.O=C(CCCCCCCCCCC(=O)OCc1ccccc1)NCCOc1cc(C(=O)NCCNC(=O)OCC2c3ccccc3-c3ccccc32)cc(C(=O)NCCNC(=O)OCC2c3ccccc3-c3ccccc32)c1. The van der Waals surface area contributed by atoms with Gasteiger partial charge in [0, 0.05) is 118 Å². The van der Waals surface area contributed by atoms with Crippen LogP contribution in [0.3, 0.4) is 0 Å². The Bertz CT molecular complexity index is 5470. The van der Waals surface area contributed by atoms with E-state index in [9.17, 15) is 47.9 Å². The predicted molar refractivity (Wildman–Crippen MR) is 510 cm³/mol. The molecule has 0 bridgehead atoms. The number of rotatable bonds is 44. The lowest BCUT2D eigenvalue weighted by atomic mass is 9.98. The molecule has 4 aliphatic carbocycles. The number of carbonyl (C=O) groups is 10. The lowest BCUT2D eigenvalue weighted by Crippen LogP contribution is -2.36. The van der Waals surface area contributed by atoms with Gasteiger partial charge >= 0.3 is 30.3 Å². The molecule has 0 radical (unpaired) electrons. The number of unbranched alkanes of at least 4 members (excludes halogenated alkanes) is 7. The Balaban J connectivity index is 0.000000227. The third kappa shape index (κ3) is 26.0. The van der Waals surface area contributed by atoms with Crippen molar-refractivity contribution in [2.45, 2.75) is 94.5 Å². The molecule has 0 aromatic heterocycles. The van der Waals surface area contributed by atoms with Crippen LogP contribution in [0.1, 0.15) is 179 Å². The van der Waals surface area contributed by atoms with Gasteiger partial charge in [-0.2, -0.15) is 0 Å². The Labute approximate surface area is 779 Å². The first-order valence-corrected chi connectivity index (χ1v) is 45.8. The summed E-state index contributed by atoms with van der Waals surface area (Å²) in [7, 11) is 0. The summed E-state index contributed by atoms with van der Waals surface area (Å²) in [4.78, 5) is 129. The largest absolute Gasteiger partial charge is 0.492 e. The highest BCUT2D eigenvalue weighted by Crippen LogP contribution is 2.48. The molecule has 0 fully saturated rings. The molecule has 0 unspecified atom stereocenters. The smallest absolute Gasteiger partial charge is 0.407 e. The van der Waals surface area contributed by atoms with Gasteiger partial charge in [-0.15, -0.1) is 0 Å². The van der Waals surface area contributed by atoms with Crippen molar-refractivity contribution in [2.75, 3.05) is 105 Å². The number of nitrogens with two attached hydrogens (primary N) is 1. The highest BCUT2D eigenvalue weighted by atomic mass is 16.6. The van der Waals surface area contributed by atoms with E-state index >= 15 is 0 Å². The third-order valence-corrected chi connectivity index (χ3v) is 23.8. The molecule has 11 N–H and O–H groups in total. The van der Waals surface area contributed by atoms with Crippen LogP contribution in [0, 0.1) is 0 Å². The number of hydrogen-bond acceptors (Lipinski definition) is 18. The molecule has 4 aliphatic rings. The zero-order valence-electron chi connectivity index (χ0n) is 74.7. The molecular weight excluding hydrogens is 1700 g/mol. The molecule has 27 nitrogen and oxygen atoms in total. The van der Waals surface area contributed by atoms with E-state index in [1.54, 1.807) is 0 Å². The average molecular weight is 1810 g/mol. The molecule has 27 heteroatoms. The molecule has 692 valence electrons. The van der Waals surface area contributed by atoms with Crippen molar-refractivity contribution < 1.29 is 81.1 Å². The van der Waals surface area contributed by atoms with Crippen LogP contribution in [0.2, 0.25) is 0 Å². The van der Waals surface area contributed by atoms with Gasteiger partial charge in [0.2, 0.25) is 5.91 Å². The Morgan fingerprint density at radius 2 is 0.507 bits per heavy atom. The van der Waals surface area contributed by atoms with Crippen molar-refractivity contribution in [1.29, 1.82) is 0 Å². The average Bonchev–Trinajstić information content (AvgIpc) is 1.64. The first-order valence-electron chi connectivity index (χ1n) is 45.8. The molecule has 0 saturated heterocycles. The summed E-state index contributed by atoms with van der Waals surface area (Å²) in [5.74, 6) is -2.00. The first-order chi connectivity index (χ1) is 65.6. The number of hydrogen-bond donors (Lipinski definition) is 10. The van der Waals surface area contributed by atoms with Crippen molar-refractivity contribution in [3.05, 3.63) is 333 Å². The van der Waals surface area contributed by atoms with Crippen molar-refractivity contribution in [2.24, 2.45) is 5.73 Å². The number of fused-ring (bicyclic) bond motifs is 12. The van der Waals surface area contributed by atoms with Gasteiger partial charge in [0.15, 0.2) is 0 Å². The molecular formula is C107H112N10O17. The maximum Gasteiger partial charge on any atom is 0.407 e. The van der Waals surface area contributed by atoms with Crippen LogP contribution in [0.25, 0.3) is 44.5 Å². The molecule has 0 spiro atoms. The van der Waals surface area contributed by atoms with Crippen molar-refractivity contribution in [1.82, 2.24) is 47.9 Å². The summed E-state index contributed by atoms with van der Waals surface area (Å²) in [6, 6.07) is 83.3. The second-order valence-electron chi connectivity index (χ2n) is 32.8. The van der Waals surface area contributed by atoms with Crippen LogP contribution in [0.5, 0.6) is 11.5 Å². The molecule has 9 amide bonds. The first kappa shape index (κ1) is 95.0. The number of amides is 9. The molecule has 11 aromatic rings. The van der Waals surface area contributed by atoms with E-state index in [1.807, 2.05) is 152 Å². The molecule has 15 rings (SSSR count). The van der Waals surface area contributed by atoms with E-state index in [4.69, 9.17) is 38.9 Å². The monoisotopic (exact) mass is 1810 g/mol. The number of benzene rings is 11. The highest BCUT2D eigenvalue weighted by molar-refractivity contribution is 6.02. The van der Waals surface area contributed by atoms with Crippen LogP contribution in [0.15, 0.2) is 261 Å². The van der Waals surface area contributed by atoms with Gasteiger partial charge in [-0.1, -0.05) is 263 Å². The number of carbonyl (C=O) groups excluding carboxylic acids is 10. The van der Waals surface area contributed by atoms with E-state index in [1.165, 1.54) is 36.4 Å². The summed E-state index contributed by atoms with van der Waals surface area (Å²) in [5, 5.41) is 24.7. The number of esters is 1. The molecule has 0 heterocycles. The summed E-state index contributed by atoms with van der Waals surface area (Å²) >= 11 is 0. The van der Waals surface area contributed by atoms with Crippen molar-refractivity contribution >= 4 is 59.9 Å². The van der Waals surface area contributed by atoms with Gasteiger partial charge in [-0.3, -0.25) is 28.8 Å².